The molecule has 0 amide bonds. The predicted molar refractivity (Wildman–Crippen MR) is 80.1 cm³/mol. The first-order valence-electron chi connectivity index (χ1n) is 6.56. The minimum absolute atomic E-state index is 0.254. The van der Waals surface area contributed by atoms with Crippen molar-refractivity contribution in [3.8, 4) is 0 Å². The molecule has 5 heteroatoms. The Balaban J connectivity index is 2.52. The fourth-order valence-corrected chi connectivity index (χ4v) is 2.19. The molecule has 4 nitrogen and oxygen atoms in total. The first kappa shape index (κ1) is 14.2. The maximum Gasteiger partial charge on any atom is 0.141 e. The van der Waals surface area contributed by atoms with Gasteiger partial charge in [-0.15, -0.1) is 0 Å². The fourth-order valence-electron chi connectivity index (χ4n) is 2.19. The van der Waals surface area contributed by atoms with Crippen LogP contribution < -0.4 is 10.2 Å². The Morgan fingerprint density at radius 1 is 1.25 bits per heavy atom. The van der Waals surface area contributed by atoms with Crippen LogP contribution in [0.5, 0.6) is 0 Å². The van der Waals surface area contributed by atoms with E-state index < -0.39 is 0 Å². The topological polar surface area (TPSA) is 41.1 Å². The minimum Gasteiger partial charge on any atom is -0.373 e. The second kappa shape index (κ2) is 5.86. The Hall–Kier alpha value is -2.17. The van der Waals surface area contributed by atoms with Crippen LogP contribution in [0.15, 0.2) is 30.6 Å². The second-order valence-electron chi connectivity index (χ2n) is 4.90. The lowest BCUT2D eigenvalue weighted by Gasteiger charge is -2.24. The van der Waals surface area contributed by atoms with E-state index in [2.05, 4.69) is 29.1 Å². The molecule has 0 saturated carbocycles. The van der Waals surface area contributed by atoms with Crippen molar-refractivity contribution in [1.82, 2.24) is 9.97 Å². The number of hydrogen-bond donors (Lipinski definition) is 1. The number of rotatable bonds is 4. The van der Waals surface area contributed by atoms with Crippen LogP contribution in [0.2, 0.25) is 0 Å². The molecule has 2 aromatic rings. The average molecular weight is 274 g/mol. The number of aromatic nitrogens is 2. The Bertz CT molecular complexity index is 598. The highest BCUT2D eigenvalue weighted by molar-refractivity contribution is 5.67. The molecule has 0 radical (unpaired) electrons. The van der Waals surface area contributed by atoms with Crippen molar-refractivity contribution in [3.05, 3.63) is 42.0 Å². The Labute approximate surface area is 118 Å². The van der Waals surface area contributed by atoms with Crippen molar-refractivity contribution < 1.29 is 4.39 Å². The summed E-state index contributed by atoms with van der Waals surface area (Å²) < 4.78 is 13.4. The molecular formula is C15H19FN4. The van der Waals surface area contributed by atoms with Crippen molar-refractivity contribution in [2.24, 2.45) is 0 Å². The van der Waals surface area contributed by atoms with Crippen LogP contribution in [0.25, 0.3) is 0 Å². The molecule has 2 rings (SSSR count). The number of benzene rings is 1. The van der Waals surface area contributed by atoms with Gasteiger partial charge in [0.1, 0.15) is 23.8 Å². The summed E-state index contributed by atoms with van der Waals surface area (Å²) in [6.45, 7) is 4.17. The van der Waals surface area contributed by atoms with Gasteiger partial charge in [-0.2, -0.15) is 0 Å². The van der Waals surface area contributed by atoms with E-state index in [9.17, 15) is 4.39 Å². The average Bonchev–Trinajstić information content (AvgIpc) is 2.45. The van der Waals surface area contributed by atoms with Crippen LogP contribution >= 0.6 is 0 Å². The second-order valence-corrected chi connectivity index (χ2v) is 4.90. The number of nitrogens with one attached hydrogen (secondary N) is 1. The zero-order valence-corrected chi connectivity index (χ0v) is 12.2. The van der Waals surface area contributed by atoms with Crippen LogP contribution in [-0.4, -0.2) is 24.1 Å². The molecule has 0 aliphatic rings. The lowest BCUT2D eigenvalue weighted by atomic mass is 10.0. The molecule has 0 aliphatic heterocycles. The van der Waals surface area contributed by atoms with Crippen molar-refractivity contribution in [1.29, 1.82) is 0 Å². The molecule has 0 spiro atoms. The predicted octanol–water partition coefficient (Wildman–Crippen LogP) is 3.55. The molecule has 106 valence electrons. The Morgan fingerprint density at radius 3 is 2.60 bits per heavy atom. The van der Waals surface area contributed by atoms with E-state index in [0.29, 0.717) is 0 Å². The normalized spacial score (nSPS) is 10.7. The Morgan fingerprint density at radius 2 is 2.00 bits per heavy atom. The highest BCUT2D eigenvalue weighted by Gasteiger charge is 2.18. The van der Waals surface area contributed by atoms with Crippen molar-refractivity contribution in [2.45, 2.75) is 19.8 Å². The molecule has 1 heterocycles. The molecule has 20 heavy (non-hydrogen) atoms. The zero-order chi connectivity index (χ0) is 14.7. The van der Waals surface area contributed by atoms with Crippen LogP contribution in [0.4, 0.5) is 21.7 Å². The molecule has 0 unspecified atom stereocenters. The van der Waals surface area contributed by atoms with Crippen LogP contribution in [0.3, 0.4) is 0 Å². The van der Waals surface area contributed by atoms with Gasteiger partial charge in [-0.05, 0) is 24.1 Å². The largest absolute Gasteiger partial charge is 0.373 e. The Kier molecular flexibility index (Phi) is 4.17. The third-order valence-electron chi connectivity index (χ3n) is 3.19. The third kappa shape index (κ3) is 2.71. The summed E-state index contributed by atoms with van der Waals surface area (Å²) in [6.07, 6.45) is 1.52. The van der Waals surface area contributed by atoms with Crippen molar-refractivity contribution in [3.63, 3.8) is 0 Å². The van der Waals surface area contributed by atoms with E-state index in [1.54, 1.807) is 6.07 Å². The summed E-state index contributed by atoms with van der Waals surface area (Å²) in [4.78, 5) is 10.5. The highest BCUT2D eigenvalue weighted by Crippen LogP contribution is 2.33. The van der Waals surface area contributed by atoms with Crippen LogP contribution in [0.1, 0.15) is 25.3 Å². The van der Waals surface area contributed by atoms with E-state index in [1.165, 1.54) is 18.5 Å². The van der Waals surface area contributed by atoms with Gasteiger partial charge in [-0.3, -0.25) is 0 Å². The van der Waals surface area contributed by atoms with Gasteiger partial charge in [0.25, 0.3) is 0 Å². The van der Waals surface area contributed by atoms with E-state index in [-0.39, 0.29) is 11.7 Å². The maximum absolute atomic E-state index is 13.4. The van der Waals surface area contributed by atoms with E-state index in [4.69, 9.17) is 0 Å². The van der Waals surface area contributed by atoms with Gasteiger partial charge in [0.05, 0.1) is 0 Å². The molecule has 0 aliphatic carbocycles. The SMILES string of the molecule is CNc1ncnc(N(C)c2cccc(F)c2)c1C(C)C. The standard InChI is InChI=1S/C15H19FN4/c1-10(2)13-14(17-3)18-9-19-15(13)20(4)12-7-5-6-11(16)8-12/h5-10H,1-4H3,(H,17,18,19). The van der Waals surface area contributed by atoms with Gasteiger partial charge in [-0.1, -0.05) is 19.9 Å². The lowest BCUT2D eigenvalue weighted by molar-refractivity contribution is 0.628. The number of halogens is 1. The number of hydrogen-bond acceptors (Lipinski definition) is 4. The van der Waals surface area contributed by atoms with Gasteiger partial charge in [-0.25, -0.2) is 14.4 Å². The van der Waals surface area contributed by atoms with Gasteiger partial charge in [0.15, 0.2) is 0 Å². The van der Waals surface area contributed by atoms with Gasteiger partial charge in [0, 0.05) is 25.3 Å². The number of nitrogens with zero attached hydrogens (tertiary/aromatic N) is 3. The first-order valence-corrected chi connectivity index (χ1v) is 6.56. The molecule has 0 saturated heterocycles. The quantitative estimate of drug-likeness (QED) is 0.925. The van der Waals surface area contributed by atoms with Gasteiger partial charge >= 0.3 is 0 Å². The monoisotopic (exact) mass is 274 g/mol. The summed E-state index contributed by atoms with van der Waals surface area (Å²) in [5.41, 5.74) is 1.77. The van der Waals surface area contributed by atoms with Crippen molar-refractivity contribution >= 4 is 17.3 Å². The third-order valence-corrected chi connectivity index (χ3v) is 3.19. The molecule has 0 bridgehead atoms. The number of anilines is 3. The fraction of sp³-hybridized carbons (Fsp3) is 0.333. The summed E-state index contributed by atoms with van der Waals surface area (Å²) in [5, 5.41) is 3.08. The van der Waals surface area contributed by atoms with Gasteiger partial charge < -0.3 is 10.2 Å². The van der Waals surface area contributed by atoms with Crippen LogP contribution in [-0.2, 0) is 0 Å². The van der Waals surface area contributed by atoms with Gasteiger partial charge in [0.2, 0.25) is 0 Å². The van der Waals surface area contributed by atoms with Crippen molar-refractivity contribution in [2.75, 3.05) is 24.3 Å². The molecule has 0 atom stereocenters. The minimum atomic E-state index is -0.261. The van der Waals surface area contributed by atoms with E-state index >= 15 is 0 Å². The van der Waals surface area contributed by atoms with Crippen LogP contribution in [0, 0.1) is 5.82 Å². The van der Waals surface area contributed by atoms with E-state index in [0.717, 1.165) is 22.9 Å². The molecular weight excluding hydrogens is 255 g/mol. The lowest BCUT2D eigenvalue weighted by Crippen LogP contribution is -2.16. The molecule has 0 fully saturated rings. The molecule has 1 aromatic carbocycles. The smallest absolute Gasteiger partial charge is 0.141 e. The van der Waals surface area contributed by atoms with E-state index in [1.807, 2.05) is 25.1 Å². The summed E-state index contributed by atoms with van der Waals surface area (Å²) in [7, 11) is 3.71. The highest BCUT2D eigenvalue weighted by atomic mass is 19.1. The zero-order valence-electron chi connectivity index (χ0n) is 12.2. The summed E-state index contributed by atoms with van der Waals surface area (Å²) >= 11 is 0. The molecule has 1 N–H and O–H groups in total. The first-order chi connectivity index (χ1) is 9.54. The maximum atomic E-state index is 13.4. The summed E-state index contributed by atoms with van der Waals surface area (Å²) in [6, 6.07) is 6.47. The summed E-state index contributed by atoms with van der Waals surface area (Å²) in [5.74, 6) is 1.58. The molecule has 1 aromatic heterocycles.